The minimum atomic E-state index is -0.657. The van der Waals surface area contributed by atoms with Gasteiger partial charge in [0, 0.05) is 30.1 Å². The van der Waals surface area contributed by atoms with E-state index in [-0.39, 0.29) is 5.83 Å². The predicted molar refractivity (Wildman–Crippen MR) is 105 cm³/mol. The molecule has 0 aromatic heterocycles. The summed E-state index contributed by atoms with van der Waals surface area (Å²) in [5, 5.41) is 0. The Morgan fingerprint density at radius 1 is 0.893 bits per heavy atom. The van der Waals surface area contributed by atoms with Crippen LogP contribution in [0.25, 0.3) is 11.1 Å². The Hall–Kier alpha value is -3.05. The van der Waals surface area contributed by atoms with Gasteiger partial charge in [0.1, 0.15) is 17.5 Å². The molecule has 0 saturated heterocycles. The van der Waals surface area contributed by atoms with Crippen LogP contribution in [0, 0.1) is 11.6 Å². The Bertz CT molecular complexity index is 1010. The molecule has 0 spiro atoms. The second-order valence-corrected chi connectivity index (χ2v) is 6.76. The molecule has 2 aliphatic rings. The maximum Gasteiger partial charge on any atom is 0.139 e. The monoisotopic (exact) mass is 380 g/mol. The fourth-order valence-electron chi connectivity index (χ4n) is 3.79. The molecule has 0 bridgehead atoms. The molecule has 5 heteroatoms. The van der Waals surface area contributed by atoms with Gasteiger partial charge in [-0.25, -0.2) is 13.2 Å². The molecule has 2 aromatic rings. The van der Waals surface area contributed by atoms with Crippen LogP contribution in [-0.2, 0) is 0 Å². The number of benzene rings is 2. The van der Waals surface area contributed by atoms with E-state index in [1.54, 1.807) is 11.0 Å². The number of hydrogen-bond acceptors (Lipinski definition) is 2. The first kappa shape index (κ1) is 18.3. The Morgan fingerprint density at radius 2 is 1.61 bits per heavy atom. The fourth-order valence-corrected chi connectivity index (χ4v) is 3.79. The summed E-state index contributed by atoms with van der Waals surface area (Å²) >= 11 is 0. The normalized spacial score (nSPS) is 16.4. The third-order valence-electron chi connectivity index (χ3n) is 4.91. The summed E-state index contributed by atoms with van der Waals surface area (Å²) in [5.41, 5.74) is 10.5. The smallest absolute Gasteiger partial charge is 0.139 e. The van der Waals surface area contributed by atoms with Crippen molar-refractivity contribution in [2.24, 2.45) is 5.73 Å². The molecule has 0 amide bonds. The fraction of sp³-hybridized carbons (Fsp3) is 0.130. The summed E-state index contributed by atoms with van der Waals surface area (Å²) in [4.78, 5) is 1.77. The van der Waals surface area contributed by atoms with Gasteiger partial charge < -0.3 is 10.6 Å². The lowest BCUT2D eigenvalue weighted by molar-refractivity contribution is 0.498. The molecule has 0 saturated carbocycles. The predicted octanol–water partition coefficient (Wildman–Crippen LogP) is 5.17. The summed E-state index contributed by atoms with van der Waals surface area (Å²) in [7, 11) is 0. The van der Waals surface area contributed by atoms with Crippen molar-refractivity contribution in [3.63, 3.8) is 0 Å². The largest absolute Gasteiger partial charge is 0.340 e. The van der Waals surface area contributed by atoms with Crippen molar-refractivity contribution in [3.05, 3.63) is 107 Å². The van der Waals surface area contributed by atoms with Gasteiger partial charge in [-0.3, -0.25) is 0 Å². The summed E-state index contributed by atoms with van der Waals surface area (Å²) in [6.07, 6.45) is 4.95. The van der Waals surface area contributed by atoms with E-state index in [2.05, 4.69) is 0 Å². The van der Waals surface area contributed by atoms with Gasteiger partial charge in [0.05, 0.1) is 0 Å². The van der Waals surface area contributed by atoms with Gasteiger partial charge in [0.15, 0.2) is 0 Å². The highest BCUT2D eigenvalue weighted by Crippen LogP contribution is 2.42. The van der Waals surface area contributed by atoms with Crippen molar-refractivity contribution in [1.82, 2.24) is 4.90 Å². The zero-order valence-electron chi connectivity index (χ0n) is 15.1. The van der Waals surface area contributed by atoms with E-state index in [0.717, 1.165) is 22.8 Å². The van der Waals surface area contributed by atoms with Gasteiger partial charge in [-0.1, -0.05) is 30.3 Å². The van der Waals surface area contributed by atoms with Gasteiger partial charge >= 0.3 is 0 Å². The maximum atomic E-state index is 14.0. The Kier molecular flexibility index (Phi) is 4.92. The van der Waals surface area contributed by atoms with Crippen LogP contribution < -0.4 is 5.73 Å². The number of fused-ring (bicyclic) bond motifs is 1. The van der Waals surface area contributed by atoms with Gasteiger partial charge in [-0.2, -0.15) is 0 Å². The van der Waals surface area contributed by atoms with Crippen molar-refractivity contribution in [2.75, 3.05) is 13.1 Å². The number of rotatable bonds is 4. The second-order valence-electron chi connectivity index (χ2n) is 6.76. The molecule has 142 valence electrons. The molecule has 28 heavy (non-hydrogen) atoms. The first-order valence-electron chi connectivity index (χ1n) is 9.07. The van der Waals surface area contributed by atoms with Crippen molar-refractivity contribution in [3.8, 4) is 0 Å². The third kappa shape index (κ3) is 3.41. The van der Waals surface area contributed by atoms with Crippen LogP contribution in [0.5, 0.6) is 0 Å². The van der Waals surface area contributed by atoms with Crippen LogP contribution in [0.1, 0.15) is 17.5 Å². The first-order valence-corrected chi connectivity index (χ1v) is 9.07. The molecule has 2 aliphatic heterocycles. The van der Waals surface area contributed by atoms with Crippen molar-refractivity contribution in [2.45, 2.75) is 6.42 Å². The number of nitrogens with two attached hydrogens (primary N) is 1. The lowest BCUT2D eigenvalue weighted by Gasteiger charge is -2.35. The standard InChI is InChI=1S/C23H19F3N2/c24-17-6-7-22-23(16-10-18(25)12-19(26)11-16)20(8-9-27)21(14-28(22)13-17)15-4-2-1-3-5-15/h1-7,10-13H,8-9,14,27H2. The summed E-state index contributed by atoms with van der Waals surface area (Å²) in [6.45, 7) is 0.835. The molecule has 0 unspecified atom stereocenters. The molecule has 0 radical (unpaired) electrons. The van der Waals surface area contributed by atoms with Crippen LogP contribution >= 0.6 is 0 Å². The van der Waals surface area contributed by atoms with Crippen molar-refractivity contribution >= 4 is 11.1 Å². The topological polar surface area (TPSA) is 29.3 Å². The minimum Gasteiger partial charge on any atom is -0.340 e. The second kappa shape index (κ2) is 7.52. The average molecular weight is 380 g/mol. The number of hydrogen-bond donors (Lipinski definition) is 1. The van der Waals surface area contributed by atoms with E-state index >= 15 is 0 Å². The third-order valence-corrected chi connectivity index (χ3v) is 4.91. The molecule has 0 atom stereocenters. The minimum absolute atomic E-state index is 0.372. The molecule has 0 fully saturated rings. The van der Waals surface area contributed by atoms with Crippen molar-refractivity contribution < 1.29 is 13.2 Å². The molecule has 2 nitrogen and oxygen atoms in total. The van der Waals surface area contributed by atoms with E-state index in [9.17, 15) is 13.2 Å². The molecular weight excluding hydrogens is 361 g/mol. The molecule has 4 rings (SSSR count). The van der Waals surface area contributed by atoms with E-state index in [4.69, 9.17) is 5.73 Å². The molecule has 2 aromatic carbocycles. The Balaban J connectivity index is 2.00. The van der Waals surface area contributed by atoms with Gasteiger partial charge in [0.25, 0.3) is 0 Å². The lowest BCUT2D eigenvalue weighted by Crippen LogP contribution is -2.27. The zero-order chi connectivity index (χ0) is 19.7. The van der Waals surface area contributed by atoms with Crippen LogP contribution in [0.2, 0.25) is 0 Å². The van der Waals surface area contributed by atoms with Gasteiger partial charge in [0.2, 0.25) is 0 Å². The summed E-state index contributed by atoms with van der Waals surface area (Å²) in [5.74, 6) is -1.69. The highest BCUT2D eigenvalue weighted by Gasteiger charge is 2.28. The molecule has 0 aliphatic carbocycles. The zero-order valence-corrected chi connectivity index (χ0v) is 15.1. The van der Waals surface area contributed by atoms with E-state index in [0.29, 0.717) is 36.3 Å². The van der Waals surface area contributed by atoms with E-state index < -0.39 is 11.6 Å². The molecular formula is C23H19F3N2. The Morgan fingerprint density at radius 3 is 2.29 bits per heavy atom. The van der Waals surface area contributed by atoms with Crippen LogP contribution in [0.3, 0.4) is 0 Å². The molecule has 2 N–H and O–H groups in total. The van der Waals surface area contributed by atoms with E-state index in [1.807, 2.05) is 30.3 Å². The highest BCUT2D eigenvalue weighted by atomic mass is 19.1. The van der Waals surface area contributed by atoms with Crippen LogP contribution in [-0.4, -0.2) is 18.0 Å². The van der Waals surface area contributed by atoms with Crippen LogP contribution in [0.4, 0.5) is 13.2 Å². The lowest BCUT2D eigenvalue weighted by atomic mass is 9.83. The molecule has 2 heterocycles. The number of nitrogens with zero attached hydrogens (tertiary/aromatic N) is 1. The Labute approximate surface area is 161 Å². The van der Waals surface area contributed by atoms with Crippen molar-refractivity contribution in [1.29, 1.82) is 0 Å². The number of halogens is 3. The van der Waals surface area contributed by atoms with Gasteiger partial charge in [-0.15, -0.1) is 0 Å². The van der Waals surface area contributed by atoms with Gasteiger partial charge in [-0.05, 0) is 59.5 Å². The average Bonchev–Trinajstić information content (AvgIpc) is 2.67. The SMILES string of the molecule is NCCC1=C(c2ccccc2)CN2C=C(F)C=CC2=C1c1cc(F)cc(F)c1. The first-order chi connectivity index (χ1) is 13.6. The summed E-state index contributed by atoms with van der Waals surface area (Å²) < 4.78 is 41.9. The van der Waals surface area contributed by atoms with Crippen LogP contribution in [0.15, 0.2) is 84.0 Å². The number of allylic oxidation sites excluding steroid dienone is 4. The highest BCUT2D eigenvalue weighted by molar-refractivity contribution is 5.94. The van der Waals surface area contributed by atoms with E-state index in [1.165, 1.54) is 24.4 Å². The quantitative estimate of drug-likeness (QED) is 0.792. The maximum absolute atomic E-state index is 14.0. The summed E-state index contributed by atoms with van der Waals surface area (Å²) in [6, 6.07) is 13.2.